The number of nitrogens with one attached hydrogen (secondary N) is 1. The summed E-state index contributed by atoms with van der Waals surface area (Å²) < 4.78 is 37.3. The van der Waals surface area contributed by atoms with E-state index in [0.717, 1.165) is 6.07 Å². The van der Waals surface area contributed by atoms with Crippen molar-refractivity contribution in [2.24, 2.45) is 5.84 Å². The van der Waals surface area contributed by atoms with Gasteiger partial charge < -0.3 is 5.43 Å². The van der Waals surface area contributed by atoms with E-state index < -0.39 is 11.7 Å². The first-order valence-corrected chi connectivity index (χ1v) is 4.08. The highest BCUT2D eigenvalue weighted by molar-refractivity contribution is 9.10. The van der Waals surface area contributed by atoms with Crippen molar-refractivity contribution in [3.63, 3.8) is 0 Å². The molecule has 1 rings (SSSR count). The molecule has 0 spiro atoms. The van der Waals surface area contributed by atoms with Gasteiger partial charge in [-0.1, -0.05) is 15.9 Å². The van der Waals surface area contributed by atoms with E-state index in [4.69, 9.17) is 5.84 Å². The van der Waals surface area contributed by atoms with E-state index >= 15 is 0 Å². The van der Waals surface area contributed by atoms with E-state index in [1.54, 1.807) is 0 Å². The van der Waals surface area contributed by atoms with Crippen molar-refractivity contribution < 1.29 is 13.2 Å². The molecule has 1 aromatic rings. The molecule has 72 valence electrons. The van der Waals surface area contributed by atoms with Crippen LogP contribution >= 0.6 is 15.9 Å². The maximum atomic E-state index is 12.3. The molecule has 0 aliphatic rings. The van der Waals surface area contributed by atoms with Gasteiger partial charge in [-0.05, 0) is 18.2 Å². The SMILES string of the molecule is NNc1ccc(Br)cc1C(F)(F)F. The Morgan fingerprint density at radius 3 is 2.38 bits per heavy atom. The molecule has 6 heteroatoms. The van der Waals surface area contributed by atoms with Crippen molar-refractivity contribution in [3.8, 4) is 0 Å². The standard InChI is InChI=1S/C7H6BrF3N2/c8-4-1-2-6(13-12)5(3-4)7(9,10)11/h1-3,13H,12H2. The van der Waals surface area contributed by atoms with E-state index in [1.807, 2.05) is 5.43 Å². The largest absolute Gasteiger partial charge is 0.418 e. The number of halogens is 4. The van der Waals surface area contributed by atoms with E-state index in [-0.39, 0.29) is 5.69 Å². The second-order valence-electron chi connectivity index (χ2n) is 2.33. The fraction of sp³-hybridized carbons (Fsp3) is 0.143. The van der Waals surface area contributed by atoms with Gasteiger partial charge in [-0.25, -0.2) is 0 Å². The Morgan fingerprint density at radius 1 is 1.31 bits per heavy atom. The highest BCUT2D eigenvalue weighted by Crippen LogP contribution is 2.35. The van der Waals surface area contributed by atoms with Crippen molar-refractivity contribution in [2.45, 2.75) is 6.18 Å². The van der Waals surface area contributed by atoms with Gasteiger partial charge in [0, 0.05) is 4.47 Å². The zero-order valence-corrected chi connectivity index (χ0v) is 7.91. The van der Waals surface area contributed by atoms with Gasteiger partial charge >= 0.3 is 6.18 Å². The Labute approximate surface area is 81.0 Å². The van der Waals surface area contributed by atoms with Crippen LogP contribution in [0.4, 0.5) is 18.9 Å². The number of hydrazine groups is 1. The van der Waals surface area contributed by atoms with Gasteiger partial charge in [0.1, 0.15) is 0 Å². The first-order valence-electron chi connectivity index (χ1n) is 3.28. The molecule has 0 saturated heterocycles. The quantitative estimate of drug-likeness (QED) is 0.598. The normalized spacial score (nSPS) is 11.5. The summed E-state index contributed by atoms with van der Waals surface area (Å²) in [5.74, 6) is 4.93. The van der Waals surface area contributed by atoms with Gasteiger partial charge in [0.15, 0.2) is 0 Å². The summed E-state index contributed by atoms with van der Waals surface area (Å²) in [7, 11) is 0. The number of benzene rings is 1. The van der Waals surface area contributed by atoms with Crippen LogP contribution in [0.15, 0.2) is 22.7 Å². The number of nitrogens with two attached hydrogens (primary N) is 1. The van der Waals surface area contributed by atoms with Gasteiger partial charge in [-0.3, -0.25) is 5.84 Å². The molecule has 0 radical (unpaired) electrons. The molecule has 0 heterocycles. The maximum absolute atomic E-state index is 12.3. The molecule has 0 atom stereocenters. The maximum Gasteiger partial charge on any atom is 0.418 e. The number of alkyl halides is 3. The minimum atomic E-state index is -4.40. The molecule has 0 aliphatic carbocycles. The molecule has 13 heavy (non-hydrogen) atoms. The lowest BCUT2D eigenvalue weighted by atomic mass is 10.2. The summed E-state index contributed by atoms with van der Waals surface area (Å²) in [5.41, 5.74) is 1.06. The van der Waals surface area contributed by atoms with Gasteiger partial charge in [0.05, 0.1) is 11.3 Å². The fourth-order valence-electron chi connectivity index (χ4n) is 0.877. The van der Waals surface area contributed by atoms with Crippen LogP contribution in [-0.2, 0) is 6.18 Å². The summed E-state index contributed by atoms with van der Waals surface area (Å²) in [6, 6.07) is 3.70. The summed E-state index contributed by atoms with van der Waals surface area (Å²) in [6.45, 7) is 0. The summed E-state index contributed by atoms with van der Waals surface area (Å²) >= 11 is 2.95. The first-order chi connectivity index (χ1) is 5.95. The molecule has 2 nitrogen and oxygen atoms in total. The summed E-state index contributed by atoms with van der Waals surface area (Å²) in [5, 5.41) is 0. The monoisotopic (exact) mass is 254 g/mol. The molecule has 3 N–H and O–H groups in total. The third-order valence-corrected chi connectivity index (χ3v) is 1.94. The molecule has 0 aliphatic heterocycles. The van der Waals surface area contributed by atoms with Crippen molar-refractivity contribution in [3.05, 3.63) is 28.2 Å². The van der Waals surface area contributed by atoms with E-state index in [2.05, 4.69) is 15.9 Å². The number of anilines is 1. The topological polar surface area (TPSA) is 38.0 Å². The van der Waals surface area contributed by atoms with Crippen LogP contribution in [-0.4, -0.2) is 0 Å². The van der Waals surface area contributed by atoms with Crippen LogP contribution in [0.3, 0.4) is 0 Å². The van der Waals surface area contributed by atoms with Crippen LogP contribution in [0.2, 0.25) is 0 Å². The van der Waals surface area contributed by atoms with Crippen LogP contribution in [0.25, 0.3) is 0 Å². The van der Waals surface area contributed by atoms with Gasteiger partial charge in [-0.2, -0.15) is 13.2 Å². The molecule has 0 saturated carbocycles. The summed E-state index contributed by atoms with van der Waals surface area (Å²) in [6.07, 6.45) is -4.40. The Hall–Kier alpha value is -0.750. The average molecular weight is 255 g/mol. The Balaban J connectivity index is 3.24. The third-order valence-electron chi connectivity index (χ3n) is 1.44. The number of rotatable bonds is 1. The molecule has 1 aromatic carbocycles. The molecular formula is C7H6BrF3N2. The Kier molecular flexibility index (Phi) is 2.82. The number of hydrogen-bond acceptors (Lipinski definition) is 2. The molecule has 0 fully saturated rings. The third kappa shape index (κ3) is 2.35. The van der Waals surface area contributed by atoms with Crippen molar-refractivity contribution in [1.82, 2.24) is 0 Å². The minimum Gasteiger partial charge on any atom is -0.324 e. The fourth-order valence-corrected chi connectivity index (χ4v) is 1.24. The predicted molar refractivity (Wildman–Crippen MR) is 47.0 cm³/mol. The Bertz CT molecular complexity index is 311. The summed E-state index contributed by atoms with van der Waals surface area (Å²) in [4.78, 5) is 0. The van der Waals surface area contributed by atoms with E-state index in [0.29, 0.717) is 4.47 Å². The molecule has 0 bridgehead atoms. The second-order valence-corrected chi connectivity index (χ2v) is 3.25. The second kappa shape index (κ2) is 3.55. The molecule has 0 unspecified atom stereocenters. The van der Waals surface area contributed by atoms with Crippen LogP contribution in [0.1, 0.15) is 5.56 Å². The minimum absolute atomic E-state index is 0.143. The van der Waals surface area contributed by atoms with Crippen LogP contribution in [0.5, 0.6) is 0 Å². The smallest absolute Gasteiger partial charge is 0.324 e. The van der Waals surface area contributed by atoms with Gasteiger partial charge in [0.2, 0.25) is 0 Å². The number of nitrogen functional groups attached to an aromatic ring is 1. The molecular weight excluding hydrogens is 249 g/mol. The predicted octanol–water partition coefficient (Wildman–Crippen LogP) is 2.75. The molecule has 0 aromatic heterocycles. The lowest BCUT2D eigenvalue weighted by molar-refractivity contribution is -0.137. The van der Waals surface area contributed by atoms with Crippen molar-refractivity contribution in [1.29, 1.82) is 0 Å². The first kappa shape index (κ1) is 10.3. The van der Waals surface area contributed by atoms with E-state index in [9.17, 15) is 13.2 Å². The lowest BCUT2D eigenvalue weighted by Gasteiger charge is -2.12. The highest BCUT2D eigenvalue weighted by atomic mass is 79.9. The number of hydrogen-bond donors (Lipinski definition) is 2. The average Bonchev–Trinajstić information content (AvgIpc) is 2.03. The van der Waals surface area contributed by atoms with Gasteiger partial charge in [0.25, 0.3) is 0 Å². The van der Waals surface area contributed by atoms with Crippen molar-refractivity contribution >= 4 is 21.6 Å². The zero-order chi connectivity index (χ0) is 10.1. The van der Waals surface area contributed by atoms with Crippen LogP contribution < -0.4 is 11.3 Å². The van der Waals surface area contributed by atoms with Gasteiger partial charge in [-0.15, -0.1) is 0 Å². The Morgan fingerprint density at radius 2 is 1.92 bits per heavy atom. The highest BCUT2D eigenvalue weighted by Gasteiger charge is 2.33. The van der Waals surface area contributed by atoms with E-state index in [1.165, 1.54) is 12.1 Å². The van der Waals surface area contributed by atoms with Crippen LogP contribution in [0, 0.1) is 0 Å². The zero-order valence-electron chi connectivity index (χ0n) is 6.32. The lowest BCUT2D eigenvalue weighted by Crippen LogP contribution is -2.14. The molecule has 0 amide bonds. The van der Waals surface area contributed by atoms with Crippen molar-refractivity contribution in [2.75, 3.05) is 5.43 Å².